The molecule has 0 spiro atoms. The van der Waals surface area contributed by atoms with Gasteiger partial charge in [-0.15, -0.1) is 0 Å². The molecule has 168 valence electrons. The molecule has 0 atom stereocenters. The summed E-state index contributed by atoms with van der Waals surface area (Å²) in [6.45, 7) is 3.86. The number of anilines is 2. The van der Waals surface area contributed by atoms with E-state index in [0.29, 0.717) is 31.9 Å². The van der Waals surface area contributed by atoms with Gasteiger partial charge < -0.3 is 9.80 Å². The number of sulfonamides is 2. The van der Waals surface area contributed by atoms with Crippen LogP contribution in [0.4, 0.5) is 11.4 Å². The minimum absolute atomic E-state index is 0.0141. The molecule has 0 radical (unpaired) electrons. The predicted molar refractivity (Wildman–Crippen MR) is 119 cm³/mol. The molecule has 0 unspecified atom stereocenters. The Morgan fingerprint density at radius 2 is 1.42 bits per heavy atom. The highest BCUT2D eigenvalue weighted by Gasteiger charge is 2.23. The fourth-order valence-electron chi connectivity index (χ4n) is 3.30. The number of carbonyl (C=O) groups excluding carboxylic acids is 1. The Bertz CT molecular complexity index is 1150. The van der Waals surface area contributed by atoms with Crippen molar-refractivity contribution >= 4 is 37.3 Å². The van der Waals surface area contributed by atoms with Gasteiger partial charge in [-0.3, -0.25) is 9.52 Å². The molecule has 9 nitrogen and oxygen atoms in total. The van der Waals surface area contributed by atoms with Crippen molar-refractivity contribution in [2.45, 2.75) is 16.7 Å². The molecule has 2 aromatic rings. The van der Waals surface area contributed by atoms with E-state index in [9.17, 15) is 21.6 Å². The van der Waals surface area contributed by atoms with E-state index in [1.54, 1.807) is 17.0 Å². The van der Waals surface area contributed by atoms with E-state index in [-0.39, 0.29) is 15.7 Å². The van der Waals surface area contributed by atoms with Crippen LogP contribution in [0.25, 0.3) is 0 Å². The van der Waals surface area contributed by atoms with Gasteiger partial charge in [0.15, 0.2) is 0 Å². The standard InChI is InChI=1S/C20H26N4O5S2/c1-16(25)23-12-14-24(15-13-23)20-7-5-4-6-19(20)21-30(26,27)17-8-10-18(11-9-17)31(28,29)22(2)3/h4-11,21H,12-15H2,1-3H3. The maximum atomic E-state index is 12.9. The molecule has 0 saturated carbocycles. The molecule has 0 bridgehead atoms. The molecule has 31 heavy (non-hydrogen) atoms. The lowest BCUT2D eigenvalue weighted by molar-refractivity contribution is -0.129. The Hall–Kier alpha value is -2.63. The van der Waals surface area contributed by atoms with Crippen LogP contribution in [-0.4, -0.2) is 72.2 Å². The molecule has 1 aliphatic rings. The minimum Gasteiger partial charge on any atom is -0.366 e. The van der Waals surface area contributed by atoms with E-state index < -0.39 is 20.0 Å². The normalized spacial score (nSPS) is 15.2. The van der Waals surface area contributed by atoms with Gasteiger partial charge in [0.2, 0.25) is 15.9 Å². The first kappa shape index (κ1) is 23.0. The van der Waals surface area contributed by atoms with Crippen LogP contribution < -0.4 is 9.62 Å². The number of hydrogen-bond acceptors (Lipinski definition) is 6. The second-order valence-corrected chi connectivity index (χ2v) is 11.2. The lowest BCUT2D eigenvalue weighted by Gasteiger charge is -2.36. The number of benzene rings is 2. The number of carbonyl (C=O) groups is 1. The third-order valence-electron chi connectivity index (χ3n) is 5.13. The van der Waals surface area contributed by atoms with Gasteiger partial charge in [-0.2, -0.15) is 0 Å². The molecule has 1 saturated heterocycles. The summed E-state index contributed by atoms with van der Waals surface area (Å²) in [5, 5.41) is 0. The Morgan fingerprint density at radius 1 is 0.871 bits per heavy atom. The first-order valence-electron chi connectivity index (χ1n) is 9.67. The van der Waals surface area contributed by atoms with Gasteiger partial charge in [-0.25, -0.2) is 21.1 Å². The number of para-hydroxylation sites is 2. The average Bonchev–Trinajstić information content (AvgIpc) is 2.74. The molecule has 0 aromatic heterocycles. The van der Waals surface area contributed by atoms with Gasteiger partial charge in [-0.05, 0) is 36.4 Å². The summed E-state index contributed by atoms with van der Waals surface area (Å²) in [5.41, 5.74) is 1.14. The van der Waals surface area contributed by atoms with Crippen molar-refractivity contribution in [3.05, 3.63) is 48.5 Å². The molecule has 1 fully saturated rings. The third kappa shape index (κ3) is 5.00. The van der Waals surface area contributed by atoms with Gasteiger partial charge in [0.05, 0.1) is 21.2 Å². The second-order valence-electron chi connectivity index (χ2n) is 7.37. The zero-order valence-electron chi connectivity index (χ0n) is 17.6. The average molecular weight is 467 g/mol. The molecule has 1 heterocycles. The summed E-state index contributed by atoms with van der Waals surface area (Å²) in [7, 11) is -4.75. The highest BCUT2D eigenvalue weighted by Crippen LogP contribution is 2.29. The van der Waals surface area contributed by atoms with E-state index in [0.717, 1.165) is 9.99 Å². The van der Waals surface area contributed by atoms with Crippen molar-refractivity contribution < 1.29 is 21.6 Å². The SMILES string of the molecule is CC(=O)N1CCN(c2ccccc2NS(=O)(=O)c2ccc(S(=O)(=O)N(C)C)cc2)CC1. The summed E-state index contributed by atoms with van der Waals surface area (Å²) >= 11 is 0. The van der Waals surface area contributed by atoms with Crippen LogP contribution >= 0.6 is 0 Å². The molecule has 0 aliphatic carbocycles. The van der Waals surface area contributed by atoms with Crippen LogP contribution in [0.15, 0.2) is 58.3 Å². The van der Waals surface area contributed by atoms with E-state index in [2.05, 4.69) is 4.72 Å². The first-order valence-corrected chi connectivity index (χ1v) is 12.6. The monoisotopic (exact) mass is 466 g/mol. The lowest BCUT2D eigenvalue weighted by atomic mass is 10.2. The third-order valence-corrected chi connectivity index (χ3v) is 8.34. The molecule has 1 amide bonds. The number of nitrogens with zero attached hydrogens (tertiary/aromatic N) is 3. The van der Waals surface area contributed by atoms with Crippen LogP contribution in [0.3, 0.4) is 0 Å². The maximum Gasteiger partial charge on any atom is 0.261 e. The van der Waals surface area contributed by atoms with Crippen LogP contribution in [0.2, 0.25) is 0 Å². The fraction of sp³-hybridized carbons (Fsp3) is 0.350. The molecule has 1 N–H and O–H groups in total. The highest BCUT2D eigenvalue weighted by atomic mass is 32.2. The highest BCUT2D eigenvalue weighted by molar-refractivity contribution is 7.92. The quantitative estimate of drug-likeness (QED) is 0.690. The van der Waals surface area contributed by atoms with Crippen LogP contribution in [0.5, 0.6) is 0 Å². The van der Waals surface area contributed by atoms with Crippen molar-refractivity contribution in [2.75, 3.05) is 49.9 Å². The Morgan fingerprint density at radius 3 is 1.97 bits per heavy atom. The Balaban J connectivity index is 1.82. The number of amides is 1. The Labute approximate surface area is 183 Å². The number of piperazine rings is 1. The van der Waals surface area contributed by atoms with Crippen LogP contribution in [0, 0.1) is 0 Å². The van der Waals surface area contributed by atoms with Gasteiger partial charge in [0, 0.05) is 47.2 Å². The first-order chi connectivity index (χ1) is 14.5. The molecular formula is C20H26N4O5S2. The summed E-state index contributed by atoms with van der Waals surface area (Å²) in [6, 6.07) is 12.2. The molecule has 11 heteroatoms. The van der Waals surface area contributed by atoms with Gasteiger partial charge in [-0.1, -0.05) is 12.1 Å². The number of hydrogen-bond donors (Lipinski definition) is 1. The minimum atomic E-state index is -3.93. The smallest absolute Gasteiger partial charge is 0.261 e. The number of rotatable bonds is 6. The van der Waals surface area contributed by atoms with Crippen molar-refractivity contribution in [1.82, 2.24) is 9.21 Å². The van der Waals surface area contributed by atoms with E-state index in [1.165, 1.54) is 45.3 Å². The maximum absolute atomic E-state index is 12.9. The summed E-state index contributed by atoms with van der Waals surface area (Å²) < 4.78 is 53.9. The molecule has 2 aromatic carbocycles. The summed E-state index contributed by atoms with van der Waals surface area (Å²) in [4.78, 5) is 15.3. The number of nitrogens with one attached hydrogen (secondary N) is 1. The van der Waals surface area contributed by atoms with Crippen molar-refractivity contribution in [1.29, 1.82) is 0 Å². The second kappa shape index (κ2) is 8.85. The topological polar surface area (TPSA) is 107 Å². The zero-order chi connectivity index (χ0) is 22.8. The van der Waals surface area contributed by atoms with E-state index >= 15 is 0 Å². The predicted octanol–water partition coefficient (Wildman–Crippen LogP) is 1.41. The largest absolute Gasteiger partial charge is 0.366 e. The van der Waals surface area contributed by atoms with Crippen molar-refractivity contribution in [2.24, 2.45) is 0 Å². The summed E-state index contributed by atoms with van der Waals surface area (Å²) in [5.74, 6) is 0.0216. The van der Waals surface area contributed by atoms with Crippen LogP contribution in [-0.2, 0) is 24.8 Å². The molecule has 3 rings (SSSR count). The summed E-state index contributed by atoms with van der Waals surface area (Å²) in [6.07, 6.45) is 0. The zero-order valence-corrected chi connectivity index (χ0v) is 19.3. The molecule has 1 aliphatic heterocycles. The Kier molecular flexibility index (Phi) is 6.58. The van der Waals surface area contributed by atoms with E-state index in [1.807, 2.05) is 17.0 Å². The van der Waals surface area contributed by atoms with Crippen LogP contribution in [0.1, 0.15) is 6.92 Å². The van der Waals surface area contributed by atoms with Gasteiger partial charge in [0.1, 0.15) is 0 Å². The van der Waals surface area contributed by atoms with Crippen molar-refractivity contribution in [3.63, 3.8) is 0 Å². The molecular weight excluding hydrogens is 440 g/mol. The van der Waals surface area contributed by atoms with Gasteiger partial charge in [0.25, 0.3) is 10.0 Å². The lowest BCUT2D eigenvalue weighted by Crippen LogP contribution is -2.48. The van der Waals surface area contributed by atoms with Gasteiger partial charge >= 0.3 is 0 Å². The van der Waals surface area contributed by atoms with E-state index in [4.69, 9.17) is 0 Å². The van der Waals surface area contributed by atoms with Crippen molar-refractivity contribution in [3.8, 4) is 0 Å². The fourth-order valence-corrected chi connectivity index (χ4v) is 5.28.